The van der Waals surface area contributed by atoms with Gasteiger partial charge in [-0.05, 0) is 43.4 Å². The van der Waals surface area contributed by atoms with E-state index in [-0.39, 0.29) is 15.6 Å². The number of nitrogens with two attached hydrogens (primary N) is 2. The zero-order chi connectivity index (χ0) is 22.6. The molecular formula is C19H18N6O4S2. The van der Waals surface area contributed by atoms with Gasteiger partial charge in [0.05, 0.1) is 4.90 Å². The molecule has 3 rings (SSSR count). The molecule has 31 heavy (non-hydrogen) atoms. The Morgan fingerprint density at radius 2 is 1.74 bits per heavy atom. The van der Waals surface area contributed by atoms with Gasteiger partial charge in [-0.3, -0.25) is 10.1 Å². The number of aromatic nitrogens is 1. The molecule has 1 amide bonds. The molecule has 3 aromatic rings. The lowest BCUT2D eigenvalue weighted by Crippen LogP contribution is -2.34. The van der Waals surface area contributed by atoms with E-state index in [1.807, 2.05) is 30.3 Å². The van der Waals surface area contributed by atoms with Crippen LogP contribution in [-0.4, -0.2) is 30.6 Å². The minimum Gasteiger partial charge on any atom is -0.369 e. The Balaban J connectivity index is 1.72. The molecule has 1 heterocycles. The predicted octanol–water partition coefficient (Wildman–Crippen LogP) is 1.74. The number of guanidine groups is 1. The average Bonchev–Trinajstić information content (AvgIpc) is 3.09. The highest BCUT2D eigenvalue weighted by atomic mass is 32.2. The molecule has 10 nitrogen and oxygen atoms in total. The number of sulfonamides is 1. The fourth-order valence-corrected chi connectivity index (χ4v) is 3.74. The van der Waals surface area contributed by atoms with Crippen molar-refractivity contribution in [1.29, 1.82) is 0 Å². The first kappa shape index (κ1) is 21.9. The molecule has 12 heteroatoms. The van der Waals surface area contributed by atoms with Crippen LogP contribution in [0.5, 0.6) is 0 Å². The van der Waals surface area contributed by atoms with Crippen molar-refractivity contribution in [3.8, 4) is 11.3 Å². The summed E-state index contributed by atoms with van der Waals surface area (Å²) in [6.07, 6.45) is 0. The van der Waals surface area contributed by atoms with Crippen molar-refractivity contribution in [1.82, 2.24) is 10.5 Å². The second-order valence-corrected chi connectivity index (χ2v) is 8.26. The summed E-state index contributed by atoms with van der Waals surface area (Å²) >= 11 is 5.19. The number of amides is 1. The van der Waals surface area contributed by atoms with Gasteiger partial charge in [0, 0.05) is 11.3 Å². The number of carbonyl (C=O) groups is 1. The van der Waals surface area contributed by atoms with E-state index in [0.29, 0.717) is 17.1 Å². The molecule has 160 valence electrons. The summed E-state index contributed by atoms with van der Waals surface area (Å²) in [6, 6.07) is 14.6. The maximum atomic E-state index is 12.8. The Labute approximate surface area is 183 Å². The standard InChI is InChI=1S/C19H18N6O4S2/c1-11-15(16(24-29-11)12-5-3-2-4-6-12)17(26)23-19(30)22-13-7-9-14(10-8-13)31(27,28)25-18(20)21/h2-10H,1H3,(H4,20,21,25)(H2,22,23,26,30). The van der Waals surface area contributed by atoms with Crippen molar-refractivity contribution >= 4 is 44.9 Å². The van der Waals surface area contributed by atoms with Crippen LogP contribution in [0.1, 0.15) is 16.1 Å². The van der Waals surface area contributed by atoms with Crippen LogP contribution in [0.4, 0.5) is 5.69 Å². The fraction of sp³-hybridized carbons (Fsp3) is 0.0526. The molecule has 0 saturated heterocycles. The van der Waals surface area contributed by atoms with E-state index in [1.54, 1.807) is 6.92 Å². The van der Waals surface area contributed by atoms with Gasteiger partial charge in [0.15, 0.2) is 5.11 Å². The van der Waals surface area contributed by atoms with Crippen LogP contribution in [0.25, 0.3) is 11.3 Å². The molecule has 0 fully saturated rings. The summed E-state index contributed by atoms with van der Waals surface area (Å²) in [5.74, 6) is -0.722. The number of carbonyl (C=O) groups excluding carboxylic acids is 1. The summed E-state index contributed by atoms with van der Waals surface area (Å²) in [5, 5.41) is 9.33. The topological polar surface area (TPSA) is 166 Å². The zero-order valence-corrected chi connectivity index (χ0v) is 17.8. The quantitative estimate of drug-likeness (QED) is 0.253. The molecule has 0 saturated carbocycles. The first-order chi connectivity index (χ1) is 14.7. The van der Waals surface area contributed by atoms with Gasteiger partial charge in [0.1, 0.15) is 17.0 Å². The molecule has 0 aliphatic heterocycles. The van der Waals surface area contributed by atoms with Crippen LogP contribution >= 0.6 is 12.2 Å². The number of thiocarbonyl (C=S) groups is 1. The van der Waals surface area contributed by atoms with Gasteiger partial charge in [-0.15, -0.1) is 4.40 Å². The van der Waals surface area contributed by atoms with Gasteiger partial charge in [0.2, 0.25) is 5.96 Å². The lowest BCUT2D eigenvalue weighted by molar-refractivity contribution is 0.0976. The van der Waals surface area contributed by atoms with Crippen molar-refractivity contribution in [2.24, 2.45) is 15.9 Å². The van der Waals surface area contributed by atoms with Crippen molar-refractivity contribution in [2.75, 3.05) is 5.32 Å². The Morgan fingerprint density at radius 3 is 2.35 bits per heavy atom. The maximum absolute atomic E-state index is 12.8. The minimum absolute atomic E-state index is 0.00411. The van der Waals surface area contributed by atoms with Crippen LogP contribution in [0, 0.1) is 6.92 Å². The van der Waals surface area contributed by atoms with Gasteiger partial charge >= 0.3 is 0 Å². The Hall–Kier alpha value is -3.77. The summed E-state index contributed by atoms with van der Waals surface area (Å²) in [7, 11) is -4.00. The molecule has 0 aliphatic rings. The van der Waals surface area contributed by atoms with Crippen molar-refractivity contribution in [3.05, 3.63) is 65.9 Å². The molecule has 6 N–H and O–H groups in total. The van der Waals surface area contributed by atoms with E-state index in [4.69, 9.17) is 28.2 Å². The molecular weight excluding hydrogens is 440 g/mol. The van der Waals surface area contributed by atoms with E-state index in [1.165, 1.54) is 24.3 Å². The van der Waals surface area contributed by atoms with E-state index in [9.17, 15) is 13.2 Å². The Bertz CT molecular complexity index is 1250. The van der Waals surface area contributed by atoms with Gasteiger partial charge in [-0.1, -0.05) is 35.5 Å². The summed E-state index contributed by atoms with van der Waals surface area (Å²) in [4.78, 5) is 12.7. The average molecular weight is 459 g/mol. The molecule has 0 spiro atoms. The third-order valence-electron chi connectivity index (χ3n) is 4.00. The summed E-state index contributed by atoms with van der Waals surface area (Å²) < 4.78 is 32.3. The van der Waals surface area contributed by atoms with Crippen molar-refractivity contribution < 1.29 is 17.7 Å². The van der Waals surface area contributed by atoms with Crippen LogP contribution < -0.4 is 22.1 Å². The fourth-order valence-electron chi connectivity index (χ4n) is 2.66. The zero-order valence-electron chi connectivity index (χ0n) is 16.2. The maximum Gasteiger partial charge on any atom is 0.285 e. The number of nitrogens with zero attached hydrogens (tertiary/aromatic N) is 2. The molecule has 1 aromatic heterocycles. The number of rotatable bonds is 5. The predicted molar refractivity (Wildman–Crippen MR) is 120 cm³/mol. The van der Waals surface area contributed by atoms with E-state index in [0.717, 1.165) is 5.56 Å². The van der Waals surface area contributed by atoms with Crippen LogP contribution in [0.3, 0.4) is 0 Å². The largest absolute Gasteiger partial charge is 0.369 e. The molecule has 0 aliphatic carbocycles. The van der Waals surface area contributed by atoms with Crippen molar-refractivity contribution in [3.63, 3.8) is 0 Å². The van der Waals surface area contributed by atoms with Gasteiger partial charge in [-0.2, -0.15) is 8.42 Å². The van der Waals surface area contributed by atoms with E-state index in [2.05, 4.69) is 20.2 Å². The highest BCUT2D eigenvalue weighted by molar-refractivity contribution is 7.90. The number of hydrogen-bond donors (Lipinski definition) is 4. The Kier molecular flexibility index (Phi) is 6.32. The van der Waals surface area contributed by atoms with Gasteiger partial charge < -0.3 is 21.3 Å². The highest BCUT2D eigenvalue weighted by Gasteiger charge is 2.22. The Morgan fingerprint density at radius 1 is 1.10 bits per heavy atom. The summed E-state index contributed by atoms with van der Waals surface area (Å²) in [5.41, 5.74) is 12.1. The lowest BCUT2D eigenvalue weighted by Gasteiger charge is -2.10. The van der Waals surface area contributed by atoms with E-state index >= 15 is 0 Å². The molecule has 2 aromatic carbocycles. The third kappa shape index (κ3) is 5.24. The molecule has 0 unspecified atom stereocenters. The second-order valence-electron chi connectivity index (χ2n) is 6.25. The number of aryl methyl sites for hydroxylation is 1. The SMILES string of the molecule is Cc1onc(-c2ccccc2)c1C(=O)NC(=S)Nc1ccc(S(=O)(=O)N=C(N)N)cc1. The van der Waals surface area contributed by atoms with E-state index < -0.39 is 21.9 Å². The van der Waals surface area contributed by atoms with Crippen LogP contribution in [-0.2, 0) is 10.0 Å². The normalized spacial score (nSPS) is 10.9. The minimum atomic E-state index is -4.00. The van der Waals surface area contributed by atoms with Crippen LogP contribution in [0.15, 0.2) is 68.4 Å². The van der Waals surface area contributed by atoms with Gasteiger partial charge in [0.25, 0.3) is 15.9 Å². The number of hydrogen-bond acceptors (Lipinski definition) is 6. The molecule has 0 bridgehead atoms. The lowest BCUT2D eigenvalue weighted by atomic mass is 10.1. The summed E-state index contributed by atoms with van der Waals surface area (Å²) in [6.45, 7) is 1.63. The number of anilines is 1. The monoisotopic (exact) mass is 458 g/mol. The second kappa shape index (κ2) is 8.93. The van der Waals surface area contributed by atoms with Gasteiger partial charge in [-0.25, -0.2) is 0 Å². The first-order valence-electron chi connectivity index (χ1n) is 8.77. The smallest absolute Gasteiger partial charge is 0.285 e. The third-order valence-corrected chi connectivity index (χ3v) is 5.52. The van der Waals surface area contributed by atoms with Crippen molar-refractivity contribution in [2.45, 2.75) is 11.8 Å². The number of benzene rings is 2. The number of nitrogens with one attached hydrogen (secondary N) is 2. The first-order valence-corrected chi connectivity index (χ1v) is 10.6. The van der Waals surface area contributed by atoms with Crippen LogP contribution in [0.2, 0.25) is 0 Å². The highest BCUT2D eigenvalue weighted by Crippen LogP contribution is 2.25. The molecule has 0 atom stereocenters. The molecule has 0 radical (unpaired) electrons.